The predicted octanol–water partition coefficient (Wildman–Crippen LogP) is 3.86. The molecule has 3 rings (SSSR count). The summed E-state index contributed by atoms with van der Waals surface area (Å²) in [5.41, 5.74) is 5.69. The highest BCUT2D eigenvalue weighted by Gasteiger charge is 2.27. The molecule has 0 aliphatic carbocycles. The molecule has 2 heterocycles. The van der Waals surface area contributed by atoms with Gasteiger partial charge >= 0.3 is 6.18 Å². The number of benzene rings is 1. The standard InChI is InChI=1S/C18H24F3N3/c1-11(2)24-8-13-5-15-16(7-22-10-18(19,20)21)12(3)23(4)17(15)6-14(13)9-24/h5-6,11,22H,7-10H2,1-4H3. The molecule has 1 aromatic heterocycles. The molecule has 0 spiro atoms. The zero-order chi connectivity index (χ0) is 17.6. The minimum absolute atomic E-state index is 0.232. The lowest BCUT2D eigenvalue weighted by atomic mass is 10.0. The van der Waals surface area contributed by atoms with Gasteiger partial charge in [-0.25, -0.2) is 0 Å². The molecule has 0 atom stereocenters. The Hall–Kier alpha value is -1.53. The average molecular weight is 339 g/mol. The first-order valence-corrected chi connectivity index (χ1v) is 8.28. The van der Waals surface area contributed by atoms with Crippen LogP contribution in [-0.4, -0.2) is 28.2 Å². The Morgan fingerprint density at radius 2 is 1.79 bits per heavy atom. The molecule has 132 valence electrons. The SMILES string of the molecule is Cc1c(CNCC(F)(F)F)c2cc3c(cc2n1C)CN(C(C)C)C3. The molecule has 24 heavy (non-hydrogen) atoms. The molecule has 1 aliphatic rings. The van der Waals surface area contributed by atoms with Crippen molar-refractivity contribution in [3.05, 3.63) is 34.5 Å². The number of halogens is 3. The second-order valence-corrected chi connectivity index (χ2v) is 6.98. The van der Waals surface area contributed by atoms with Crippen molar-refractivity contribution in [2.75, 3.05) is 6.54 Å². The molecule has 0 radical (unpaired) electrons. The summed E-state index contributed by atoms with van der Waals surface area (Å²) in [5, 5.41) is 3.60. The summed E-state index contributed by atoms with van der Waals surface area (Å²) in [6.45, 7) is 7.45. The Morgan fingerprint density at radius 3 is 2.38 bits per heavy atom. The van der Waals surface area contributed by atoms with Crippen LogP contribution >= 0.6 is 0 Å². The van der Waals surface area contributed by atoms with E-state index in [1.54, 1.807) is 0 Å². The minimum Gasteiger partial charge on any atom is -0.348 e. The molecular weight excluding hydrogens is 315 g/mol. The van der Waals surface area contributed by atoms with Crippen LogP contribution in [0.5, 0.6) is 0 Å². The largest absolute Gasteiger partial charge is 0.401 e. The highest BCUT2D eigenvalue weighted by molar-refractivity contribution is 5.87. The van der Waals surface area contributed by atoms with E-state index >= 15 is 0 Å². The van der Waals surface area contributed by atoms with Gasteiger partial charge in [0, 0.05) is 49.3 Å². The monoisotopic (exact) mass is 339 g/mol. The van der Waals surface area contributed by atoms with Crippen LogP contribution in [0.1, 0.15) is 36.2 Å². The number of rotatable bonds is 4. The van der Waals surface area contributed by atoms with Crippen LogP contribution < -0.4 is 5.32 Å². The van der Waals surface area contributed by atoms with E-state index in [4.69, 9.17) is 0 Å². The van der Waals surface area contributed by atoms with E-state index in [1.165, 1.54) is 11.1 Å². The molecule has 6 heteroatoms. The maximum Gasteiger partial charge on any atom is 0.401 e. The number of aryl methyl sites for hydroxylation is 1. The first-order valence-electron chi connectivity index (χ1n) is 8.28. The van der Waals surface area contributed by atoms with E-state index in [0.717, 1.165) is 35.2 Å². The van der Waals surface area contributed by atoms with Crippen molar-refractivity contribution in [2.45, 2.75) is 52.6 Å². The van der Waals surface area contributed by atoms with Gasteiger partial charge in [0.25, 0.3) is 0 Å². The van der Waals surface area contributed by atoms with Gasteiger partial charge in [0.15, 0.2) is 0 Å². The number of alkyl halides is 3. The van der Waals surface area contributed by atoms with Crippen molar-refractivity contribution in [2.24, 2.45) is 7.05 Å². The molecule has 3 nitrogen and oxygen atoms in total. The van der Waals surface area contributed by atoms with Crippen LogP contribution in [0.4, 0.5) is 13.2 Å². The number of hydrogen-bond donors (Lipinski definition) is 1. The molecule has 0 saturated carbocycles. The Morgan fingerprint density at radius 1 is 1.17 bits per heavy atom. The van der Waals surface area contributed by atoms with Gasteiger partial charge in [-0.3, -0.25) is 4.90 Å². The molecule has 0 amide bonds. The predicted molar refractivity (Wildman–Crippen MR) is 89.8 cm³/mol. The summed E-state index contributed by atoms with van der Waals surface area (Å²) >= 11 is 0. The lowest BCUT2D eigenvalue weighted by molar-refractivity contribution is -0.125. The van der Waals surface area contributed by atoms with Gasteiger partial charge in [-0.2, -0.15) is 13.2 Å². The van der Waals surface area contributed by atoms with Gasteiger partial charge < -0.3 is 9.88 Å². The third kappa shape index (κ3) is 3.17. The first kappa shape index (κ1) is 17.3. The molecule has 0 unspecified atom stereocenters. The van der Waals surface area contributed by atoms with Crippen LogP contribution in [0, 0.1) is 6.92 Å². The summed E-state index contributed by atoms with van der Waals surface area (Å²) < 4.78 is 39.3. The Bertz CT molecular complexity index is 759. The van der Waals surface area contributed by atoms with Crippen molar-refractivity contribution in [3.8, 4) is 0 Å². The van der Waals surface area contributed by atoms with Crippen LogP contribution in [-0.2, 0) is 26.7 Å². The quantitative estimate of drug-likeness (QED) is 0.913. The van der Waals surface area contributed by atoms with E-state index in [1.807, 2.05) is 14.0 Å². The molecular formula is C18H24F3N3. The van der Waals surface area contributed by atoms with Crippen molar-refractivity contribution in [3.63, 3.8) is 0 Å². The molecule has 1 aromatic carbocycles. The van der Waals surface area contributed by atoms with E-state index in [2.05, 4.69) is 40.8 Å². The fraction of sp³-hybridized carbons (Fsp3) is 0.556. The summed E-state index contributed by atoms with van der Waals surface area (Å²) in [7, 11) is 1.98. The van der Waals surface area contributed by atoms with Crippen LogP contribution in [0.3, 0.4) is 0 Å². The van der Waals surface area contributed by atoms with E-state index in [9.17, 15) is 13.2 Å². The van der Waals surface area contributed by atoms with Crippen molar-refractivity contribution >= 4 is 10.9 Å². The minimum atomic E-state index is -4.18. The van der Waals surface area contributed by atoms with Gasteiger partial charge in [0.2, 0.25) is 0 Å². The molecule has 1 N–H and O–H groups in total. The smallest absolute Gasteiger partial charge is 0.348 e. The lowest BCUT2D eigenvalue weighted by Gasteiger charge is -2.18. The summed E-state index contributed by atoms with van der Waals surface area (Å²) in [6.07, 6.45) is -4.18. The fourth-order valence-electron chi connectivity index (χ4n) is 3.48. The topological polar surface area (TPSA) is 20.2 Å². The normalized spacial score (nSPS) is 15.7. The van der Waals surface area contributed by atoms with Crippen molar-refractivity contribution in [1.82, 2.24) is 14.8 Å². The highest BCUT2D eigenvalue weighted by Crippen LogP contribution is 2.33. The van der Waals surface area contributed by atoms with Gasteiger partial charge in [0.05, 0.1) is 6.54 Å². The Kier molecular flexibility index (Phi) is 4.38. The molecule has 2 aromatic rings. The first-order chi connectivity index (χ1) is 11.2. The Labute approximate surface area is 140 Å². The maximum absolute atomic E-state index is 12.4. The number of nitrogens with zero attached hydrogens (tertiary/aromatic N) is 2. The van der Waals surface area contributed by atoms with E-state index in [-0.39, 0.29) is 6.54 Å². The third-order valence-electron chi connectivity index (χ3n) is 5.05. The zero-order valence-corrected chi connectivity index (χ0v) is 14.6. The summed E-state index contributed by atoms with van der Waals surface area (Å²) in [4.78, 5) is 2.40. The van der Waals surface area contributed by atoms with Gasteiger partial charge in [-0.05, 0) is 49.6 Å². The van der Waals surface area contributed by atoms with Crippen molar-refractivity contribution in [1.29, 1.82) is 0 Å². The van der Waals surface area contributed by atoms with E-state index < -0.39 is 12.7 Å². The Balaban J connectivity index is 1.93. The maximum atomic E-state index is 12.4. The van der Waals surface area contributed by atoms with Crippen molar-refractivity contribution < 1.29 is 13.2 Å². The molecule has 0 saturated heterocycles. The van der Waals surface area contributed by atoms with Crippen LogP contribution in [0.15, 0.2) is 12.1 Å². The molecule has 0 bridgehead atoms. The number of nitrogens with one attached hydrogen (secondary N) is 1. The zero-order valence-electron chi connectivity index (χ0n) is 14.6. The number of fused-ring (bicyclic) bond motifs is 2. The van der Waals surface area contributed by atoms with Gasteiger partial charge in [-0.15, -0.1) is 0 Å². The van der Waals surface area contributed by atoms with Gasteiger partial charge in [0.1, 0.15) is 0 Å². The number of aromatic nitrogens is 1. The fourth-order valence-corrected chi connectivity index (χ4v) is 3.48. The highest BCUT2D eigenvalue weighted by atomic mass is 19.4. The second-order valence-electron chi connectivity index (χ2n) is 6.98. The molecule has 0 fully saturated rings. The lowest BCUT2D eigenvalue weighted by Crippen LogP contribution is -2.28. The van der Waals surface area contributed by atoms with Crippen LogP contribution in [0.25, 0.3) is 10.9 Å². The summed E-state index contributed by atoms with van der Waals surface area (Å²) in [5.74, 6) is 0. The summed E-state index contributed by atoms with van der Waals surface area (Å²) in [6, 6.07) is 4.85. The van der Waals surface area contributed by atoms with E-state index in [0.29, 0.717) is 6.04 Å². The van der Waals surface area contributed by atoms with Crippen LogP contribution in [0.2, 0.25) is 0 Å². The second kappa shape index (κ2) is 6.08. The number of hydrogen-bond acceptors (Lipinski definition) is 2. The van der Waals surface area contributed by atoms with Gasteiger partial charge in [-0.1, -0.05) is 0 Å². The molecule has 1 aliphatic heterocycles. The third-order valence-corrected chi connectivity index (χ3v) is 5.05. The average Bonchev–Trinajstić information content (AvgIpc) is 2.99.